The van der Waals surface area contributed by atoms with E-state index in [0.29, 0.717) is 18.5 Å². The summed E-state index contributed by atoms with van der Waals surface area (Å²) < 4.78 is 8.92. The fourth-order valence-corrected chi connectivity index (χ4v) is 5.81. The number of benzene rings is 2. The third-order valence-electron chi connectivity index (χ3n) is 6.65. The molecule has 1 fully saturated rings. The number of esters is 1. The molecule has 198 valence electrons. The van der Waals surface area contributed by atoms with E-state index in [1.807, 2.05) is 29.1 Å². The van der Waals surface area contributed by atoms with Gasteiger partial charge < -0.3 is 10.1 Å². The minimum absolute atomic E-state index is 0.0174. The fourth-order valence-electron chi connectivity index (χ4n) is 4.80. The number of hydrogen-bond donors (Lipinski definition) is 1. The molecule has 2 aliphatic rings. The largest absolute Gasteiger partial charge is 0.465 e. The average molecular weight is 536 g/mol. The number of carbonyl (C=O) groups excluding carboxylic acids is 4. The number of amides is 1. The first kappa shape index (κ1) is 27.3. The normalized spacial score (nSPS) is 18.8. The van der Waals surface area contributed by atoms with Gasteiger partial charge in [-0.15, -0.1) is 5.10 Å². The Hall–Kier alpha value is -3.79. The number of carbonyl (C=O) groups is 2. The molecule has 0 bridgehead atoms. The minimum Gasteiger partial charge on any atom is -0.465 e. The Balaban J connectivity index is 0.00000107. The highest BCUT2D eigenvalue weighted by Gasteiger charge is 2.32. The van der Waals surface area contributed by atoms with Gasteiger partial charge in [0.25, 0.3) is 0 Å². The topological polar surface area (TPSA) is 123 Å². The molecule has 38 heavy (non-hydrogen) atoms. The van der Waals surface area contributed by atoms with Crippen LogP contribution < -0.4 is 5.32 Å². The molecular weight excluding hydrogens is 506 g/mol. The number of methoxy groups -OCH3 is 1. The van der Waals surface area contributed by atoms with Crippen LogP contribution in [0.4, 0.5) is 0 Å². The summed E-state index contributed by atoms with van der Waals surface area (Å²) in [6, 6.07) is 13.8. The Morgan fingerprint density at radius 3 is 2.71 bits per heavy atom. The van der Waals surface area contributed by atoms with Gasteiger partial charge in [-0.25, -0.2) is 13.8 Å². The van der Waals surface area contributed by atoms with Crippen LogP contribution in [-0.4, -0.2) is 63.6 Å². The van der Waals surface area contributed by atoms with Gasteiger partial charge in [-0.05, 0) is 73.5 Å². The lowest BCUT2D eigenvalue weighted by atomic mass is 9.86. The summed E-state index contributed by atoms with van der Waals surface area (Å²) in [5.41, 5.74) is 4.88. The number of rotatable bonds is 6. The fraction of sp³-hybridized carbons (Fsp3) is 0.370. The lowest BCUT2D eigenvalue weighted by Gasteiger charge is -2.33. The van der Waals surface area contributed by atoms with Gasteiger partial charge in [-0.1, -0.05) is 29.0 Å². The zero-order valence-corrected chi connectivity index (χ0v) is 22.1. The number of piperazine rings is 1. The number of ether oxygens (including phenoxy) is 1. The second-order valence-corrected chi connectivity index (χ2v) is 10.3. The molecule has 2 aromatic carbocycles. The second kappa shape index (κ2) is 12.6. The first-order chi connectivity index (χ1) is 18.4. The van der Waals surface area contributed by atoms with Crippen LogP contribution in [0.25, 0.3) is 0 Å². The Labute approximate surface area is 224 Å². The number of nitrogens with one attached hydrogen (secondary N) is 1. The molecule has 1 aromatic heterocycles. The zero-order valence-electron chi connectivity index (χ0n) is 21.3. The SMILES string of the molecule is COC(=O)c1ccc2c(c1)CCC[C@H]2n1cc(C[C@@H]2C(=O)NCCN2Sc2ccc(C)cc2)nn1.O=C=O. The molecule has 3 aromatic rings. The molecule has 10 nitrogen and oxygen atoms in total. The smallest absolute Gasteiger partial charge is 0.373 e. The summed E-state index contributed by atoms with van der Waals surface area (Å²) in [6.07, 6.45) is 5.58. The van der Waals surface area contributed by atoms with Crippen molar-refractivity contribution in [3.05, 3.63) is 76.6 Å². The molecule has 5 rings (SSSR count). The molecule has 1 aliphatic carbocycles. The molecular formula is C27H29N5O5S. The molecule has 0 unspecified atom stereocenters. The zero-order chi connectivity index (χ0) is 27.1. The number of nitrogens with zero attached hydrogens (tertiary/aromatic N) is 4. The number of fused-ring (bicyclic) bond motifs is 1. The molecule has 11 heteroatoms. The van der Waals surface area contributed by atoms with Gasteiger partial charge in [-0.2, -0.15) is 9.59 Å². The van der Waals surface area contributed by atoms with E-state index in [-0.39, 0.29) is 30.1 Å². The highest BCUT2D eigenvalue weighted by atomic mass is 32.2. The maximum Gasteiger partial charge on any atom is 0.373 e. The number of aryl methyl sites for hydroxylation is 2. The molecule has 1 saturated heterocycles. The van der Waals surface area contributed by atoms with Crippen molar-refractivity contribution in [1.29, 1.82) is 0 Å². The van der Waals surface area contributed by atoms with Crippen molar-refractivity contribution in [2.75, 3.05) is 20.2 Å². The van der Waals surface area contributed by atoms with Crippen molar-refractivity contribution in [3.8, 4) is 0 Å². The summed E-state index contributed by atoms with van der Waals surface area (Å²) >= 11 is 1.62. The quantitative estimate of drug-likeness (QED) is 0.375. The maximum atomic E-state index is 12.8. The molecule has 0 spiro atoms. The second-order valence-electron chi connectivity index (χ2n) is 9.14. The van der Waals surface area contributed by atoms with Gasteiger partial charge in [0.2, 0.25) is 5.91 Å². The van der Waals surface area contributed by atoms with E-state index in [9.17, 15) is 9.59 Å². The van der Waals surface area contributed by atoms with E-state index in [1.165, 1.54) is 12.7 Å². The summed E-state index contributed by atoms with van der Waals surface area (Å²) in [6.45, 7) is 3.46. The lowest BCUT2D eigenvalue weighted by molar-refractivity contribution is -0.191. The monoisotopic (exact) mass is 535 g/mol. The summed E-state index contributed by atoms with van der Waals surface area (Å²) in [5.74, 6) is -0.305. The van der Waals surface area contributed by atoms with Crippen LogP contribution in [0, 0.1) is 6.92 Å². The maximum absolute atomic E-state index is 12.8. The van der Waals surface area contributed by atoms with Gasteiger partial charge in [0, 0.05) is 30.6 Å². The van der Waals surface area contributed by atoms with Gasteiger partial charge in [0.05, 0.1) is 24.4 Å². The van der Waals surface area contributed by atoms with Gasteiger partial charge in [0.15, 0.2) is 0 Å². The van der Waals surface area contributed by atoms with Crippen molar-refractivity contribution < 1.29 is 23.9 Å². The van der Waals surface area contributed by atoms with Crippen molar-refractivity contribution >= 4 is 30.0 Å². The lowest BCUT2D eigenvalue weighted by Crippen LogP contribution is -2.53. The summed E-state index contributed by atoms with van der Waals surface area (Å²) in [4.78, 5) is 42.1. The Morgan fingerprint density at radius 1 is 1.21 bits per heavy atom. The Bertz CT molecular complexity index is 1320. The van der Waals surface area contributed by atoms with Crippen LogP contribution >= 0.6 is 11.9 Å². The van der Waals surface area contributed by atoms with E-state index in [0.717, 1.165) is 47.5 Å². The molecule has 0 radical (unpaired) electrons. The molecule has 1 N–H and O–H groups in total. The first-order valence-corrected chi connectivity index (χ1v) is 13.1. The van der Waals surface area contributed by atoms with Crippen LogP contribution in [0.2, 0.25) is 0 Å². The van der Waals surface area contributed by atoms with Crippen LogP contribution in [-0.2, 0) is 32.0 Å². The van der Waals surface area contributed by atoms with E-state index < -0.39 is 0 Å². The van der Waals surface area contributed by atoms with Crippen molar-refractivity contribution in [1.82, 2.24) is 24.6 Å². The molecule has 0 saturated carbocycles. The number of hydrogen-bond acceptors (Lipinski definition) is 9. The third kappa shape index (κ3) is 6.36. The third-order valence-corrected chi connectivity index (χ3v) is 7.81. The summed E-state index contributed by atoms with van der Waals surface area (Å²) in [7, 11) is 1.40. The van der Waals surface area contributed by atoms with Crippen LogP contribution in [0.1, 0.15) is 51.6 Å². The minimum atomic E-state index is -0.322. The summed E-state index contributed by atoms with van der Waals surface area (Å²) in [5, 5.41) is 11.9. The molecule has 2 atom stereocenters. The predicted octanol–water partition coefficient (Wildman–Crippen LogP) is 2.77. The average Bonchev–Trinajstić information content (AvgIpc) is 3.39. The highest BCUT2D eigenvalue weighted by molar-refractivity contribution is 7.97. The standard InChI is InChI=1S/C26H29N5O3S.CO2/c1-17-6-9-21(10-7-17)35-31-13-12-27-25(32)24(31)15-20-16-30(29-28-20)23-5-3-4-18-14-19(26(33)34-2)8-11-22(18)23;2-1-3/h6-11,14,16,23-24H,3-5,12-13,15H2,1-2H3,(H,27,32);/t23-,24-;/m1./s1. The van der Waals surface area contributed by atoms with Crippen molar-refractivity contribution in [3.63, 3.8) is 0 Å². The van der Waals surface area contributed by atoms with E-state index in [2.05, 4.69) is 51.1 Å². The molecule has 1 amide bonds. The first-order valence-electron chi connectivity index (χ1n) is 12.3. The van der Waals surface area contributed by atoms with E-state index in [1.54, 1.807) is 11.9 Å². The van der Waals surface area contributed by atoms with Gasteiger partial charge in [0.1, 0.15) is 6.04 Å². The van der Waals surface area contributed by atoms with E-state index in [4.69, 9.17) is 14.3 Å². The van der Waals surface area contributed by atoms with Gasteiger partial charge in [-0.3, -0.25) is 4.79 Å². The molecule has 2 heterocycles. The highest BCUT2D eigenvalue weighted by Crippen LogP contribution is 2.33. The van der Waals surface area contributed by atoms with Crippen molar-refractivity contribution in [2.45, 2.75) is 49.6 Å². The van der Waals surface area contributed by atoms with Crippen LogP contribution in [0.5, 0.6) is 0 Å². The van der Waals surface area contributed by atoms with Crippen LogP contribution in [0.3, 0.4) is 0 Å². The van der Waals surface area contributed by atoms with Crippen molar-refractivity contribution in [2.24, 2.45) is 0 Å². The Kier molecular flexibility index (Phi) is 9.06. The predicted molar refractivity (Wildman–Crippen MR) is 138 cm³/mol. The van der Waals surface area contributed by atoms with E-state index >= 15 is 0 Å². The molecule has 1 aliphatic heterocycles. The number of aromatic nitrogens is 3. The van der Waals surface area contributed by atoms with Gasteiger partial charge >= 0.3 is 12.1 Å². The van der Waals surface area contributed by atoms with Crippen LogP contribution in [0.15, 0.2) is 53.6 Å². The Morgan fingerprint density at radius 2 is 1.97 bits per heavy atom.